The summed E-state index contributed by atoms with van der Waals surface area (Å²) in [6, 6.07) is 0. The van der Waals surface area contributed by atoms with Crippen LogP contribution in [0.4, 0.5) is 0 Å². The summed E-state index contributed by atoms with van der Waals surface area (Å²) in [5.41, 5.74) is 0.186. The Hall–Kier alpha value is 0.240. The highest BCUT2D eigenvalue weighted by Gasteiger charge is 2.47. The fraction of sp³-hybridized carbons (Fsp3) is 1.00. The van der Waals surface area contributed by atoms with Crippen LogP contribution in [0.2, 0.25) is 0 Å². The zero-order valence-corrected chi connectivity index (χ0v) is 9.20. The molecule has 2 rings (SSSR count). The van der Waals surface area contributed by atoms with E-state index in [4.69, 9.17) is 11.6 Å². The first-order valence-electron chi connectivity index (χ1n) is 4.84. The third-order valence-corrected chi connectivity index (χ3v) is 6.01. The molecule has 13 heavy (non-hydrogen) atoms. The van der Waals surface area contributed by atoms with Crippen molar-refractivity contribution in [3.8, 4) is 0 Å². The van der Waals surface area contributed by atoms with Gasteiger partial charge in [0.1, 0.15) is 0 Å². The first kappa shape index (κ1) is 9.78. The predicted octanol–water partition coefficient (Wildman–Crippen LogP) is 1.83. The summed E-state index contributed by atoms with van der Waals surface area (Å²) >= 11 is 5.94. The van der Waals surface area contributed by atoms with Crippen LogP contribution in [0, 0.1) is 11.3 Å². The van der Waals surface area contributed by atoms with Gasteiger partial charge in [0.2, 0.25) is 0 Å². The molecule has 4 heteroatoms. The molecule has 1 aliphatic carbocycles. The third-order valence-electron chi connectivity index (χ3n) is 3.71. The monoisotopic (exact) mass is 222 g/mol. The summed E-state index contributed by atoms with van der Waals surface area (Å²) in [5.74, 6) is 1.77. The van der Waals surface area contributed by atoms with Crippen molar-refractivity contribution >= 4 is 21.4 Å². The van der Waals surface area contributed by atoms with Crippen molar-refractivity contribution in [2.75, 3.05) is 17.4 Å². The summed E-state index contributed by atoms with van der Waals surface area (Å²) in [6.07, 6.45) is 4.34. The Bertz CT molecular complexity index is 287. The Balaban J connectivity index is 2.10. The molecule has 1 heterocycles. The summed E-state index contributed by atoms with van der Waals surface area (Å²) in [5, 5.41) is 0. The summed E-state index contributed by atoms with van der Waals surface area (Å²) < 4.78 is 22.6. The molecule has 2 nitrogen and oxygen atoms in total. The van der Waals surface area contributed by atoms with Gasteiger partial charge in [-0.25, -0.2) is 8.42 Å². The SMILES string of the molecule is O=S1(=O)CCC(C2(CCl)CCC2)C1. The highest BCUT2D eigenvalue weighted by Crippen LogP contribution is 2.51. The summed E-state index contributed by atoms with van der Waals surface area (Å²) in [4.78, 5) is 0. The summed E-state index contributed by atoms with van der Waals surface area (Å²) in [6.45, 7) is 0. The minimum absolute atomic E-state index is 0.186. The molecule has 1 saturated carbocycles. The molecule has 0 spiro atoms. The lowest BCUT2D eigenvalue weighted by Crippen LogP contribution is -2.39. The lowest BCUT2D eigenvalue weighted by atomic mass is 9.62. The van der Waals surface area contributed by atoms with Gasteiger partial charge in [-0.3, -0.25) is 0 Å². The molecule has 1 saturated heterocycles. The van der Waals surface area contributed by atoms with Crippen LogP contribution in [0.25, 0.3) is 0 Å². The van der Waals surface area contributed by atoms with Gasteiger partial charge in [0, 0.05) is 5.88 Å². The van der Waals surface area contributed by atoms with E-state index in [1.165, 1.54) is 6.42 Å². The van der Waals surface area contributed by atoms with E-state index in [2.05, 4.69) is 0 Å². The molecule has 2 fully saturated rings. The second kappa shape index (κ2) is 3.13. The summed E-state index contributed by atoms with van der Waals surface area (Å²) in [7, 11) is -2.72. The number of sulfone groups is 1. The zero-order valence-electron chi connectivity index (χ0n) is 7.63. The van der Waals surface area contributed by atoms with E-state index >= 15 is 0 Å². The minimum atomic E-state index is -2.72. The van der Waals surface area contributed by atoms with E-state index in [0.717, 1.165) is 19.3 Å². The van der Waals surface area contributed by atoms with Gasteiger partial charge in [0.25, 0.3) is 0 Å². The Labute approximate surface area is 84.6 Å². The quantitative estimate of drug-likeness (QED) is 0.669. The molecule has 0 bridgehead atoms. The van der Waals surface area contributed by atoms with Gasteiger partial charge in [-0.1, -0.05) is 6.42 Å². The van der Waals surface area contributed by atoms with Crippen molar-refractivity contribution < 1.29 is 8.42 Å². The van der Waals surface area contributed by atoms with Crippen molar-refractivity contribution in [2.45, 2.75) is 25.7 Å². The van der Waals surface area contributed by atoms with Crippen LogP contribution in [-0.2, 0) is 9.84 Å². The van der Waals surface area contributed by atoms with Gasteiger partial charge in [0.15, 0.2) is 9.84 Å². The van der Waals surface area contributed by atoms with Crippen molar-refractivity contribution in [1.82, 2.24) is 0 Å². The maximum absolute atomic E-state index is 11.3. The van der Waals surface area contributed by atoms with Crippen molar-refractivity contribution in [2.24, 2.45) is 11.3 Å². The number of rotatable bonds is 2. The average Bonchev–Trinajstić information content (AvgIpc) is 2.30. The molecule has 0 aromatic carbocycles. The normalized spacial score (nSPS) is 35.6. The number of hydrogen-bond donors (Lipinski definition) is 0. The van der Waals surface area contributed by atoms with Crippen LogP contribution in [0.15, 0.2) is 0 Å². The first-order chi connectivity index (χ1) is 6.08. The molecule has 0 aromatic heterocycles. The van der Waals surface area contributed by atoms with Crippen LogP contribution in [0.3, 0.4) is 0 Å². The molecule has 76 valence electrons. The van der Waals surface area contributed by atoms with Gasteiger partial charge in [0.05, 0.1) is 11.5 Å². The lowest BCUT2D eigenvalue weighted by molar-refractivity contribution is 0.0908. The van der Waals surface area contributed by atoms with Gasteiger partial charge in [-0.2, -0.15) is 0 Å². The van der Waals surface area contributed by atoms with Crippen LogP contribution >= 0.6 is 11.6 Å². The Morgan fingerprint density at radius 3 is 2.38 bits per heavy atom. The molecule has 0 aromatic rings. The van der Waals surface area contributed by atoms with Crippen molar-refractivity contribution in [3.05, 3.63) is 0 Å². The molecular formula is C9H15ClO2S. The molecule has 0 N–H and O–H groups in total. The number of alkyl halides is 1. The van der Waals surface area contributed by atoms with E-state index in [9.17, 15) is 8.42 Å². The topological polar surface area (TPSA) is 34.1 Å². The highest BCUT2D eigenvalue weighted by atomic mass is 35.5. The second-order valence-corrected chi connectivity index (χ2v) is 6.95. The van der Waals surface area contributed by atoms with Gasteiger partial charge in [-0.15, -0.1) is 11.6 Å². The predicted molar refractivity (Wildman–Crippen MR) is 53.8 cm³/mol. The van der Waals surface area contributed by atoms with E-state index < -0.39 is 9.84 Å². The Morgan fingerprint density at radius 1 is 1.38 bits per heavy atom. The maximum atomic E-state index is 11.3. The first-order valence-corrected chi connectivity index (χ1v) is 7.20. The molecular weight excluding hydrogens is 208 g/mol. The molecule has 0 amide bonds. The van der Waals surface area contributed by atoms with Gasteiger partial charge in [-0.05, 0) is 30.6 Å². The maximum Gasteiger partial charge on any atom is 0.150 e. The highest BCUT2D eigenvalue weighted by molar-refractivity contribution is 7.91. The second-order valence-electron chi connectivity index (χ2n) is 4.45. The van der Waals surface area contributed by atoms with Crippen molar-refractivity contribution in [1.29, 1.82) is 0 Å². The molecule has 1 unspecified atom stereocenters. The van der Waals surface area contributed by atoms with Crippen LogP contribution in [0.5, 0.6) is 0 Å². The molecule has 1 atom stereocenters. The number of halogens is 1. The standard InChI is InChI=1S/C9H15ClO2S/c10-7-9(3-1-4-9)8-2-5-13(11,12)6-8/h8H,1-7H2. The minimum Gasteiger partial charge on any atom is -0.229 e. The van der Waals surface area contributed by atoms with E-state index in [1.54, 1.807) is 0 Å². The molecule has 1 aliphatic heterocycles. The van der Waals surface area contributed by atoms with E-state index in [1.807, 2.05) is 0 Å². The fourth-order valence-corrected chi connectivity index (χ4v) is 4.99. The zero-order chi connectivity index (χ0) is 9.53. The Morgan fingerprint density at radius 2 is 2.08 bits per heavy atom. The van der Waals surface area contributed by atoms with Gasteiger partial charge < -0.3 is 0 Å². The molecule has 0 radical (unpaired) electrons. The Kier molecular flexibility index (Phi) is 2.35. The van der Waals surface area contributed by atoms with Crippen LogP contribution in [-0.4, -0.2) is 25.8 Å². The lowest BCUT2D eigenvalue weighted by Gasteiger charge is -2.45. The number of hydrogen-bond acceptors (Lipinski definition) is 2. The van der Waals surface area contributed by atoms with Crippen LogP contribution < -0.4 is 0 Å². The van der Waals surface area contributed by atoms with E-state index in [0.29, 0.717) is 23.3 Å². The van der Waals surface area contributed by atoms with Crippen LogP contribution in [0.1, 0.15) is 25.7 Å². The average molecular weight is 223 g/mol. The fourth-order valence-electron chi connectivity index (χ4n) is 2.56. The smallest absolute Gasteiger partial charge is 0.150 e. The van der Waals surface area contributed by atoms with Gasteiger partial charge >= 0.3 is 0 Å². The third kappa shape index (κ3) is 1.61. The molecule has 2 aliphatic rings. The largest absolute Gasteiger partial charge is 0.229 e. The van der Waals surface area contributed by atoms with E-state index in [-0.39, 0.29) is 5.41 Å². The van der Waals surface area contributed by atoms with Crippen molar-refractivity contribution in [3.63, 3.8) is 0 Å².